The van der Waals surface area contributed by atoms with Crippen molar-refractivity contribution in [3.05, 3.63) is 82.3 Å². The summed E-state index contributed by atoms with van der Waals surface area (Å²) >= 11 is 13.5. The average molecular weight is 578 g/mol. The summed E-state index contributed by atoms with van der Waals surface area (Å²) in [6, 6.07) is 18.9. The quantitative estimate of drug-likeness (QED) is 0.368. The standard InChI is InChI=1S/C26H22Cl2N2O5S2/c1-16-3-2-4-20(11-16)35-23-10-7-18(28)12-21(23)30-22-14-37(32,33)15-24(22)36-26(30)29-25(31)13-34-19-8-5-17(27)6-9-19/h2-12,22,24H,13-15H2,1H3/t22-,24-/m0/s1. The van der Waals surface area contributed by atoms with Gasteiger partial charge in [-0.1, -0.05) is 47.1 Å². The highest BCUT2D eigenvalue weighted by Crippen LogP contribution is 2.45. The van der Waals surface area contributed by atoms with Gasteiger partial charge in [-0.25, -0.2) is 8.42 Å². The maximum atomic E-state index is 12.8. The van der Waals surface area contributed by atoms with Gasteiger partial charge in [-0.3, -0.25) is 4.79 Å². The number of thioether (sulfide) groups is 1. The lowest BCUT2D eigenvalue weighted by Crippen LogP contribution is -2.38. The zero-order valence-electron chi connectivity index (χ0n) is 19.6. The SMILES string of the molecule is Cc1cccc(Oc2ccc(Cl)cc2N2C(=NC(=O)COc3ccc(Cl)cc3)S[C@H]3CS(=O)(=O)C[C@@H]32)c1. The second-order valence-corrected chi connectivity index (χ2v) is 13.0. The van der Waals surface area contributed by atoms with Gasteiger partial charge in [-0.05, 0) is 67.1 Å². The molecule has 3 aromatic rings. The fraction of sp³-hybridized carbons (Fsp3) is 0.231. The average Bonchev–Trinajstić information content (AvgIpc) is 3.30. The van der Waals surface area contributed by atoms with E-state index >= 15 is 0 Å². The van der Waals surface area contributed by atoms with Gasteiger partial charge in [0, 0.05) is 15.3 Å². The van der Waals surface area contributed by atoms with Gasteiger partial charge in [0.25, 0.3) is 5.91 Å². The number of nitrogens with zero attached hydrogens (tertiary/aromatic N) is 2. The van der Waals surface area contributed by atoms with Crippen molar-refractivity contribution in [2.45, 2.75) is 18.2 Å². The molecule has 3 aromatic carbocycles. The smallest absolute Gasteiger partial charge is 0.285 e. The number of aliphatic imine (C=N–C) groups is 1. The first-order chi connectivity index (χ1) is 17.7. The fourth-order valence-corrected chi connectivity index (χ4v) is 8.45. The van der Waals surface area contributed by atoms with E-state index in [0.717, 1.165) is 5.56 Å². The van der Waals surface area contributed by atoms with Gasteiger partial charge in [-0.2, -0.15) is 4.99 Å². The maximum Gasteiger partial charge on any atom is 0.285 e. The van der Waals surface area contributed by atoms with Crippen LogP contribution >= 0.6 is 35.0 Å². The van der Waals surface area contributed by atoms with Crippen LogP contribution in [0, 0.1) is 6.92 Å². The van der Waals surface area contributed by atoms with Crippen LogP contribution in [0.3, 0.4) is 0 Å². The second-order valence-electron chi connectivity index (χ2n) is 8.73. The van der Waals surface area contributed by atoms with Gasteiger partial charge in [0.1, 0.15) is 11.5 Å². The fourth-order valence-electron chi connectivity index (χ4n) is 4.23. The number of halogens is 2. The van der Waals surface area contributed by atoms with Crippen LogP contribution in [0.2, 0.25) is 10.0 Å². The Morgan fingerprint density at radius 3 is 2.54 bits per heavy atom. The number of fused-ring (bicyclic) bond motifs is 1. The van der Waals surface area contributed by atoms with Gasteiger partial charge in [0.2, 0.25) is 0 Å². The molecule has 2 saturated heterocycles. The molecular weight excluding hydrogens is 555 g/mol. The van der Waals surface area contributed by atoms with E-state index in [2.05, 4.69) is 4.99 Å². The molecule has 2 aliphatic heterocycles. The van der Waals surface area contributed by atoms with Gasteiger partial charge >= 0.3 is 0 Å². The van der Waals surface area contributed by atoms with E-state index in [9.17, 15) is 13.2 Å². The van der Waals surface area contributed by atoms with Gasteiger partial charge in [0.15, 0.2) is 27.4 Å². The molecule has 0 saturated carbocycles. The summed E-state index contributed by atoms with van der Waals surface area (Å²) in [6.07, 6.45) is 0. The number of rotatable bonds is 6. The van der Waals surface area contributed by atoms with Crippen molar-refractivity contribution in [1.82, 2.24) is 0 Å². The highest BCUT2D eigenvalue weighted by molar-refractivity contribution is 8.16. The monoisotopic (exact) mass is 576 g/mol. The number of sulfone groups is 1. The van der Waals surface area contributed by atoms with Crippen LogP contribution in [-0.4, -0.2) is 48.9 Å². The number of carbonyl (C=O) groups is 1. The molecule has 0 bridgehead atoms. The summed E-state index contributed by atoms with van der Waals surface area (Å²) in [4.78, 5) is 18.9. The summed E-state index contributed by atoms with van der Waals surface area (Å²) in [5.74, 6) is 1.02. The van der Waals surface area contributed by atoms with Crippen LogP contribution in [0.5, 0.6) is 17.2 Å². The van der Waals surface area contributed by atoms with Crippen LogP contribution in [0.4, 0.5) is 5.69 Å². The Balaban J connectivity index is 1.47. The van der Waals surface area contributed by atoms with E-state index < -0.39 is 21.8 Å². The summed E-state index contributed by atoms with van der Waals surface area (Å²) in [7, 11) is -3.25. The van der Waals surface area contributed by atoms with Crippen LogP contribution in [0.1, 0.15) is 5.56 Å². The Kier molecular flexibility index (Phi) is 7.40. The third-order valence-electron chi connectivity index (χ3n) is 5.86. The lowest BCUT2D eigenvalue weighted by atomic mass is 10.2. The second kappa shape index (κ2) is 10.6. The molecule has 2 fully saturated rings. The predicted octanol–water partition coefficient (Wildman–Crippen LogP) is 5.77. The zero-order valence-corrected chi connectivity index (χ0v) is 22.8. The number of amides is 1. The number of aryl methyl sites for hydroxylation is 1. The molecule has 0 radical (unpaired) electrons. The number of ether oxygens (including phenoxy) is 2. The summed E-state index contributed by atoms with van der Waals surface area (Å²) in [5, 5.41) is 1.10. The molecule has 2 aliphatic rings. The molecule has 2 heterocycles. The van der Waals surface area contributed by atoms with Crippen molar-refractivity contribution in [2.24, 2.45) is 4.99 Å². The lowest BCUT2D eigenvalue weighted by molar-refractivity contribution is -0.119. The molecule has 192 valence electrons. The van der Waals surface area contributed by atoms with Crippen molar-refractivity contribution in [3.8, 4) is 17.2 Å². The third-order valence-corrected chi connectivity index (χ3v) is 9.56. The van der Waals surface area contributed by atoms with E-state index in [1.54, 1.807) is 47.4 Å². The molecule has 0 N–H and O–H groups in total. The van der Waals surface area contributed by atoms with Crippen molar-refractivity contribution in [1.29, 1.82) is 0 Å². The van der Waals surface area contributed by atoms with Crippen LogP contribution < -0.4 is 14.4 Å². The molecule has 37 heavy (non-hydrogen) atoms. The molecule has 7 nitrogen and oxygen atoms in total. The minimum Gasteiger partial charge on any atom is -0.484 e. The summed E-state index contributed by atoms with van der Waals surface area (Å²) in [5.41, 5.74) is 1.57. The van der Waals surface area contributed by atoms with Crippen molar-refractivity contribution >= 4 is 61.6 Å². The molecule has 0 aliphatic carbocycles. The van der Waals surface area contributed by atoms with E-state index in [1.807, 2.05) is 31.2 Å². The predicted molar refractivity (Wildman–Crippen MR) is 148 cm³/mol. The van der Waals surface area contributed by atoms with Gasteiger partial charge in [0.05, 0.1) is 23.2 Å². The highest BCUT2D eigenvalue weighted by Gasteiger charge is 2.50. The Labute approximate surface area is 229 Å². The minimum atomic E-state index is -3.25. The Morgan fingerprint density at radius 2 is 1.78 bits per heavy atom. The van der Waals surface area contributed by atoms with Crippen LogP contribution in [0.15, 0.2) is 71.7 Å². The number of benzene rings is 3. The summed E-state index contributed by atoms with van der Waals surface area (Å²) < 4.78 is 36.7. The Morgan fingerprint density at radius 1 is 1.03 bits per heavy atom. The van der Waals surface area contributed by atoms with Crippen LogP contribution in [-0.2, 0) is 14.6 Å². The molecule has 5 rings (SSSR count). The van der Waals surface area contributed by atoms with Crippen molar-refractivity contribution in [3.63, 3.8) is 0 Å². The largest absolute Gasteiger partial charge is 0.484 e. The summed E-state index contributed by atoms with van der Waals surface area (Å²) in [6.45, 7) is 1.68. The molecule has 1 amide bonds. The minimum absolute atomic E-state index is 0.00194. The molecule has 2 atom stereocenters. The number of hydrogen-bond acceptors (Lipinski definition) is 6. The van der Waals surface area contributed by atoms with E-state index in [0.29, 0.717) is 38.1 Å². The first-order valence-corrected chi connectivity index (χ1v) is 14.8. The Bertz CT molecular complexity index is 1480. The van der Waals surface area contributed by atoms with Gasteiger partial charge < -0.3 is 14.4 Å². The molecule has 0 aromatic heterocycles. The third kappa shape index (κ3) is 6.06. The molecular formula is C26H22Cl2N2O5S2. The van der Waals surface area contributed by atoms with Crippen molar-refractivity contribution < 1.29 is 22.7 Å². The van der Waals surface area contributed by atoms with Gasteiger partial charge in [-0.15, -0.1) is 0 Å². The maximum absolute atomic E-state index is 12.8. The van der Waals surface area contributed by atoms with Crippen LogP contribution in [0.25, 0.3) is 0 Å². The number of amidine groups is 1. The lowest BCUT2D eigenvalue weighted by Gasteiger charge is -2.27. The Hall–Kier alpha value is -2.72. The van der Waals surface area contributed by atoms with E-state index in [1.165, 1.54) is 11.8 Å². The number of carbonyl (C=O) groups excluding carboxylic acids is 1. The zero-order chi connectivity index (χ0) is 26.2. The highest BCUT2D eigenvalue weighted by atomic mass is 35.5. The molecule has 0 unspecified atom stereocenters. The molecule has 0 spiro atoms. The van der Waals surface area contributed by atoms with Crippen molar-refractivity contribution in [2.75, 3.05) is 23.0 Å². The number of anilines is 1. The first-order valence-electron chi connectivity index (χ1n) is 11.4. The normalized spacial score (nSPS) is 21.2. The molecule has 11 heteroatoms. The topological polar surface area (TPSA) is 85.3 Å². The van der Waals surface area contributed by atoms with E-state index in [4.69, 9.17) is 32.7 Å². The van der Waals surface area contributed by atoms with E-state index in [-0.39, 0.29) is 23.4 Å². The number of hydrogen-bond donors (Lipinski definition) is 0. The first kappa shape index (κ1) is 25.9.